The van der Waals surface area contributed by atoms with Crippen LogP contribution in [0.4, 0.5) is 4.79 Å². The number of aliphatic hydroxyl groups is 4. The summed E-state index contributed by atoms with van der Waals surface area (Å²) in [5.41, 5.74) is 0. The zero-order chi connectivity index (χ0) is 20.8. The van der Waals surface area contributed by atoms with E-state index in [0.29, 0.717) is 12.8 Å². The van der Waals surface area contributed by atoms with Crippen LogP contribution in [-0.4, -0.2) is 97.6 Å². The molecule has 28 heavy (non-hydrogen) atoms. The fraction of sp³-hybridized carbons (Fsp3) is 0.812. The van der Waals surface area contributed by atoms with Gasteiger partial charge >= 0.3 is 18.0 Å². The number of thioether (sulfide) groups is 1. The van der Waals surface area contributed by atoms with E-state index in [1.165, 1.54) is 0 Å². The van der Waals surface area contributed by atoms with E-state index in [4.69, 9.17) is 14.9 Å². The number of carbonyl (C=O) groups is 3. The molecule has 0 saturated carbocycles. The lowest BCUT2D eigenvalue weighted by Crippen LogP contribution is -2.50. The molecule has 2 fully saturated rings. The molecular formula is C16H26N2O9S. The van der Waals surface area contributed by atoms with Crippen LogP contribution in [0.2, 0.25) is 0 Å². The van der Waals surface area contributed by atoms with E-state index in [0.717, 1.165) is 12.2 Å². The number of aliphatic carboxylic acids is 1. The lowest BCUT2D eigenvalue weighted by atomic mass is 10.0. The average molecular weight is 422 g/mol. The standard InChI is InChI=1S/C16H26N2O9S/c19-5-8(20)12(22)13(23)14(15(24)25)27-10(21)4-2-1-3-9-11-7(6-28-9)17-16(26)18-11/h7-9,11-14,19-20,22-23H,1-6H2,(H,24,25)(H2,17,18,26)/t7-,8+,9-,11-,12+,13-,14+/m0/s1. The molecule has 12 heteroatoms. The summed E-state index contributed by atoms with van der Waals surface area (Å²) in [5, 5.41) is 52.5. The third-order valence-corrected chi connectivity index (χ3v) is 6.31. The number of amides is 2. The maximum atomic E-state index is 11.9. The summed E-state index contributed by atoms with van der Waals surface area (Å²) in [7, 11) is 0. The molecule has 160 valence electrons. The number of carboxylic acid groups (broad SMARTS) is 1. The Bertz CT molecular complexity index is 578. The van der Waals surface area contributed by atoms with Gasteiger partial charge in [-0.1, -0.05) is 6.42 Å². The van der Waals surface area contributed by atoms with Crippen LogP contribution >= 0.6 is 11.8 Å². The molecule has 2 rings (SSSR count). The third kappa shape index (κ3) is 5.70. The van der Waals surface area contributed by atoms with Gasteiger partial charge in [0.25, 0.3) is 0 Å². The summed E-state index contributed by atoms with van der Waals surface area (Å²) in [6.45, 7) is -0.893. The Morgan fingerprint density at radius 3 is 2.54 bits per heavy atom. The summed E-state index contributed by atoms with van der Waals surface area (Å²) in [6.07, 6.45) is -6.12. The number of hydrogen-bond donors (Lipinski definition) is 7. The lowest BCUT2D eigenvalue weighted by Gasteiger charge is -2.26. The van der Waals surface area contributed by atoms with Crippen LogP contribution in [-0.2, 0) is 14.3 Å². The van der Waals surface area contributed by atoms with E-state index in [1.54, 1.807) is 11.8 Å². The van der Waals surface area contributed by atoms with Crippen molar-refractivity contribution in [1.29, 1.82) is 0 Å². The first-order valence-corrected chi connectivity index (χ1v) is 10.1. The molecule has 7 atom stereocenters. The number of ether oxygens (including phenoxy) is 1. The predicted molar refractivity (Wildman–Crippen MR) is 96.6 cm³/mol. The zero-order valence-corrected chi connectivity index (χ0v) is 15.9. The highest BCUT2D eigenvalue weighted by molar-refractivity contribution is 8.00. The second-order valence-corrected chi connectivity index (χ2v) is 8.12. The topological polar surface area (TPSA) is 186 Å². The molecule has 2 aliphatic heterocycles. The number of hydrogen-bond acceptors (Lipinski definition) is 9. The van der Waals surface area contributed by atoms with Crippen molar-refractivity contribution in [2.24, 2.45) is 0 Å². The second kappa shape index (κ2) is 10.3. The number of rotatable bonds is 11. The average Bonchev–Trinajstić information content (AvgIpc) is 3.20. The molecule has 0 aliphatic carbocycles. The minimum Gasteiger partial charge on any atom is -0.478 e. The first-order valence-electron chi connectivity index (χ1n) is 9.00. The summed E-state index contributed by atoms with van der Waals surface area (Å²) in [6, 6.07) is 0.0112. The molecule has 0 aromatic carbocycles. The molecule has 2 saturated heterocycles. The van der Waals surface area contributed by atoms with Crippen LogP contribution < -0.4 is 10.6 Å². The third-order valence-electron chi connectivity index (χ3n) is 4.80. The molecule has 0 unspecified atom stereocenters. The molecule has 0 radical (unpaired) electrons. The summed E-state index contributed by atoms with van der Waals surface area (Å²) >= 11 is 1.75. The fourth-order valence-corrected chi connectivity index (χ4v) is 4.78. The number of carboxylic acids is 1. The highest BCUT2D eigenvalue weighted by atomic mass is 32.2. The Morgan fingerprint density at radius 2 is 1.89 bits per heavy atom. The first-order chi connectivity index (χ1) is 13.2. The van der Waals surface area contributed by atoms with E-state index in [9.17, 15) is 29.7 Å². The van der Waals surface area contributed by atoms with Gasteiger partial charge < -0.3 is 40.9 Å². The van der Waals surface area contributed by atoms with Gasteiger partial charge in [0, 0.05) is 17.4 Å². The molecular weight excluding hydrogens is 396 g/mol. The van der Waals surface area contributed by atoms with Crippen LogP contribution in [0.5, 0.6) is 0 Å². The molecule has 0 spiro atoms. The van der Waals surface area contributed by atoms with Crippen molar-refractivity contribution in [2.45, 2.75) is 67.4 Å². The molecule has 2 heterocycles. The molecule has 0 aromatic rings. The largest absolute Gasteiger partial charge is 0.478 e. The zero-order valence-electron chi connectivity index (χ0n) is 15.1. The number of unbranched alkanes of at least 4 members (excludes halogenated alkanes) is 1. The molecule has 2 aliphatic rings. The van der Waals surface area contributed by atoms with Gasteiger partial charge in [-0.05, 0) is 12.8 Å². The minimum absolute atomic E-state index is 0.0652. The Balaban J connectivity index is 1.73. The summed E-state index contributed by atoms with van der Waals surface area (Å²) in [4.78, 5) is 34.4. The lowest BCUT2D eigenvalue weighted by molar-refractivity contribution is -0.182. The number of esters is 1. The van der Waals surface area contributed by atoms with Gasteiger partial charge in [0.1, 0.15) is 18.3 Å². The number of urea groups is 1. The smallest absolute Gasteiger partial charge is 0.347 e. The van der Waals surface area contributed by atoms with Crippen molar-refractivity contribution < 1.29 is 44.7 Å². The van der Waals surface area contributed by atoms with E-state index in [2.05, 4.69) is 10.6 Å². The van der Waals surface area contributed by atoms with Crippen molar-refractivity contribution in [3.63, 3.8) is 0 Å². The second-order valence-electron chi connectivity index (χ2n) is 6.85. The molecule has 0 aromatic heterocycles. The van der Waals surface area contributed by atoms with Crippen LogP contribution in [0.25, 0.3) is 0 Å². The van der Waals surface area contributed by atoms with Gasteiger partial charge in [-0.3, -0.25) is 4.79 Å². The Labute approximate surface area is 165 Å². The number of aliphatic hydroxyl groups excluding tert-OH is 4. The van der Waals surface area contributed by atoms with Crippen LogP contribution in [0.1, 0.15) is 25.7 Å². The first kappa shape index (κ1) is 22.7. The monoisotopic (exact) mass is 422 g/mol. The van der Waals surface area contributed by atoms with Crippen molar-refractivity contribution in [2.75, 3.05) is 12.4 Å². The Morgan fingerprint density at radius 1 is 1.18 bits per heavy atom. The quantitative estimate of drug-likeness (QED) is 0.109. The van der Waals surface area contributed by atoms with E-state index in [-0.39, 0.29) is 29.8 Å². The van der Waals surface area contributed by atoms with E-state index < -0.39 is 43.0 Å². The van der Waals surface area contributed by atoms with E-state index in [1.807, 2.05) is 0 Å². The van der Waals surface area contributed by atoms with Gasteiger partial charge in [0.05, 0.1) is 18.7 Å². The van der Waals surface area contributed by atoms with Gasteiger partial charge in [-0.2, -0.15) is 11.8 Å². The molecule has 7 N–H and O–H groups in total. The van der Waals surface area contributed by atoms with Crippen molar-refractivity contribution in [1.82, 2.24) is 10.6 Å². The van der Waals surface area contributed by atoms with Gasteiger partial charge in [-0.25, -0.2) is 9.59 Å². The van der Waals surface area contributed by atoms with Crippen LogP contribution in [0.3, 0.4) is 0 Å². The maximum absolute atomic E-state index is 11.9. The maximum Gasteiger partial charge on any atom is 0.347 e. The van der Waals surface area contributed by atoms with E-state index >= 15 is 0 Å². The fourth-order valence-electron chi connectivity index (χ4n) is 3.24. The number of fused-ring (bicyclic) bond motifs is 1. The Hall–Kier alpha value is -1.60. The summed E-state index contributed by atoms with van der Waals surface area (Å²) < 4.78 is 4.73. The minimum atomic E-state index is -2.09. The van der Waals surface area contributed by atoms with Gasteiger partial charge in [0.15, 0.2) is 0 Å². The van der Waals surface area contributed by atoms with Gasteiger partial charge in [-0.15, -0.1) is 0 Å². The number of nitrogens with one attached hydrogen (secondary N) is 2. The highest BCUT2D eigenvalue weighted by Crippen LogP contribution is 2.33. The highest BCUT2D eigenvalue weighted by Gasteiger charge is 2.42. The van der Waals surface area contributed by atoms with Crippen molar-refractivity contribution in [3.05, 3.63) is 0 Å². The number of carbonyl (C=O) groups excluding carboxylic acids is 2. The predicted octanol–water partition coefficient (Wildman–Crippen LogP) is -2.22. The SMILES string of the molecule is O=C1N[C@H]2[C@H](CS[C@H]2CCCCC(=O)O[C@@H](C(=O)O)[C@@H](O)[C@H](O)[C@H](O)CO)N1. The van der Waals surface area contributed by atoms with Gasteiger partial charge in [0.2, 0.25) is 6.10 Å². The van der Waals surface area contributed by atoms with Crippen molar-refractivity contribution >= 4 is 29.7 Å². The molecule has 11 nitrogen and oxygen atoms in total. The van der Waals surface area contributed by atoms with Crippen LogP contribution in [0.15, 0.2) is 0 Å². The molecule has 0 bridgehead atoms. The Kier molecular flexibility index (Phi) is 8.31. The molecule has 2 amide bonds. The van der Waals surface area contributed by atoms with Crippen LogP contribution in [0, 0.1) is 0 Å². The summed E-state index contributed by atoms with van der Waals surface area (Å²) in [5.74, 6) is -1.70. The van der Waals surface area contributed by atoms with Crippen molar-refractivity contribution in [3.8, 4) is 0 Å². The normalized spacial score (nSPS) is 27.9.